The van der Waals surface area contributed by atoms with Gasteiger partial charge in [-0.25, -0.2) is 0 Å². The van der Waals surface area contributed by atoms with Crippen LogP contribution in [0.15, 0.2) is 30.0 Å². The van der Waals surface area contributed by atoms with E-state index in [1.165, 1.54) is 0 Å². The number of fused-ring (bicyclic) bond motifs is 1. The SMILES string of the molecule is COc1cc(/C=C2\Oc3cc(C)c(C)cc3C2=O)cc(OC)c1OC. The zero-order valence-corrected chi connectivity index (χ0v) is 14.9. The number of ether oxygens (including phenoxy) is 4. The largest absolute Gasteiger partial charge is 0.493 e. The van der Waals surface area contributed by atoms with Crippen molar-refractivity contribution >= 4 is 11.9 Å². The van der Waals surface area contributed by atoms with E-state index in [0.29, 0.717) is 28.6 Å². The standard InChI is InChI=1S/C20H20O5/c1-11-6-14-15(7-12(11)2)25-16(19(14)21)8-13-9-17(22-3)20(24-5)18(10-13)23-4/h6-10H,1-5H3/b16-8-. The van der Waals surface area contributed by atoms with Gasteiger partial charge < -0.3 is 18.9 Å². The summed E-state index contributed by atoms with van der Waals surface area (Å²) in [5, 5.41) is 0. The number of carbonyl (C=O) groups is 1. The first-order valence-electron chi connectivity index (χ1n) is 7.84. The van der Waals surface area contributed by atoms with Gasteiger partial charge in [-0.1, -0.05) is 0 Å². The lowest BCUT2D eigenvalue weighted by molar-refractivity contribution is 0.101. The molecule has 0 unspecified atom stereocenters. The molecular formula is C20H20O5. The molecule has 0 radical (unpaired) electrons. The van der Waals surface area contributed by atoms with Crippen LogP contribution in [0.5, 0.6) is 23.0 Å². The summed E-state index contributed by atoms with van der Waals surface area (Å²) in [5.41, 5.74) is 3.45. The average Bonchev–Trinajstić information content (AvgIpc) is 2.89. The second kappa shape index (κ2) is 6.51. The maximum atomic E-state index is 12.6. The molecule has 0 aromatic heterocycles. The molecule has 2 aromatic rings. The lowest BCUT2D eigenvalue weighted by atomic mass is 10.0. The fourth-order valence-electron chi connectivity index (χ4n) is 2.78. The van der Waals surface area contributed by atoms with Crippen LogP contribution < -0.4 is 18.9 Å². The van der Waals surface area contributed by atoms with Gasteiger partial charge in [-0.05, 0) is 60.9 Å². The lowest BCUT2D eigenvalue weighted by Gasteiger charge is -2.13. The number of carbonyl (C=O) groups excluding carboxylic acids is 1. The van der Waals surface area contributed by atoms with E-state index in [9.17, 15) is 4.79 Å². The van der Waals surface area contributed by atoms with Crippen LogP contribution in [0.2, 0.25) is 0 Å². The molecule has 0 atom stereocenters. The molecule has 0 N–H and O–H groups in total. The van der Waals surface area contributed by atoms with Crippen molar-refractivity contribution in [3.63, 3.8) is 0 Å². The summed E-state index contributed by atoms with van der Waals surface area (Å²) >= 11 is 0. The molecule has 1 heterocycles. The maximum Gasteiger partial charge on any atom is 0.231 e. The summed E-state index contributed by atoms with van der Waals surface area (Å²) < 4.78 is 21.8. The topological polar surface area (TPSA) is 54.0 Å². The first kappa shape index (κ1) is 16.9. The predicted octanol–water partition coefficient (Wildman–Crippen LogP) is 3.95. The van der Waals surface area contributed by atoms with Gasteiger partial charge in [0.05, 0.1) is 26.9 Å². The van der Waals surface area contributed by atoms with Crippen LogP contribution in [0.25, 0.3) is 6.08 Å². The van der Waals surface area contributed by atoms with Crippen molar-refractivity contribution in [2.75, 3.05) is 21.3 Å². The minimum atomic E-state index is -0.133. The number of hydrogen-bond acceptors (Lipinski definition) is 5. The van der Waals surface area contributed by atoms with E-state index < -0.39 is 0 Å². The fraction of sp³-hybridized carbons (Fsp3) is 0.250. The summed E-state index contributed by atoms with van der Waals surface area (Å²) in [4.78, 5) is 12.6. The molecule has 1 aliphatic rings. The number of aryl methyl sites for hydroxylation is 2. The molecule has 0 spiro atoms. The summed E-state index contributed by atoms with van der Waals surface area (Å²) in [6.07, 6.45) is 1.68. The van der Waals surface area contributed by atoms with Crippen molar-refractivity contribution in [1.82, 2.24) is 0 Å². The Morgan fingerprint density at radius 2 is 1.48 bits per heavy atom. The fourth-order valence-corrected chi connectivity index (χ4v) is 2.78. The Hall–Kier alpha value is -2.95. The summed E-state index contributed by atoms with van der Waals surface area (Å²) in [7, 11) is 4.64. The summed E-state index contributed by atoms with van der Waals surface area (Å²) in [6, 6.07) is 7.29. The van der Waals surface area contributed by atoms with E-state index in [2.05, 4.69) is 0 Å². The summed E-state index contributed by atoms with van der Waals surface area (Å²) in [6.45, 7) is 3.97. The minimum Gasteiger partial charge on any atom is -0.493 e. The summed E-state index contributed by atoms with van der Waals surface area (Å²) in [5.74, 6) is 2.26. The molecule has 0 saturated carbocycles. The Morgan fingerprint density at radius 3 is 2.04 bits per heavy atom. The van der Waals surface area contributed by atoms with E-state index >= 15 is 0 Å². The molecule has 0 amide bonds. The van der Waals surface area contributed by atoms with E-state index in [0.717, 1.165) is 16.7 Å². The molecule has 5 heteroatoms. The van der Waals surface area contributed by atoms with Crippen LogP contribution in [-0.2, 0) is 0 Å². The number of Topliss-reactive ketones (excluding diaryl/α,β-unsaturated/α-hetero) is 1. The highest BCUT2D eigenvalue weighted by atomic mass is 16.5. The van der Waals surface area contributed by atoms with Crippen molar-refractivity contribution in [1.29, 1.82) is 0 Å². The first-order chi connectivity index (χ1) is 12.0. The Morgan fingerprint density at radius 1 is 0.880 bits per heavy atom. The number of rotatable bonds is 4. The third kappa shape index (κ3) is 2.93. The Bertz CT molecular complexity index is 855. The van der Waals surface area contributed by atoms with Crippen molar-refractivity contribution in [2.24, 2.45) is 0 Å². The zero-order valence-electron chi connectivity index (χ0n) is 14.9. The van der Waals surface area contributed by atoms with Gasteiger partial charge in [0, 0.05) is 0 Å². The average molecular weight is 340 g/mol. The third-order valence-electron chi connectivity index (χ3n) is 4.27. The quantitative estimate of drug-likeness (QED) is 0.789. The van der Waals surface area contributed by atoms with E-state index in [1.807, 2.05) is 26.0 Å². The molecule has 0 fully saturated rings. The number of methoxy groups -OCH3 is 3. The second-order valence-corrected chi connectivity index (χ2v) is 5.83. The first-order valence-corrected chi connectivity index (χ1v) is 7.84. The molecule has 2 aromatic carbocycles. The van der Waals surface area contributed by atoms with Crippen LogP contribution >= 0.6 is 0 Å². The van der Waals surface area contributed by atoms with Crippen LogP contribution in [0.4, 0.5) is 0 Å². The number of hydrogen-bond donors (Lipinski definition) is 0. The molecule has 25 heavy (non-hydrogen) atoms. The Labute approximate surface area is 146 Å². The van der Waals surface area contributed by atoms with Crippen molar-refractivity contribution < 1.29 is 23.7 Å². The molecule has 3 rings (SSSR count). The third-order valence-corrected chi connectivity index (χ3v) is 4.27. The Kier molecular flexibility index (Phi) is 4.40. The monoisotopic (exact) mass is 340 g/mol. The van der Waals surface area contributed by atoms with Gasteiger partial charge in [-0.3, -0.25) is 4.79 Å². The van der Waals surface area contributed by atoms with Crippen LogP contribution in [0, 0.1) is 13.8 Å². The van der Waals surface area contributed by atoms with Gasteiger partial charge in [0.25, 0.3) is 0 Å². The van der Waals surface area contributed by atoms with Crippen molar-refractivity contribution in [2.45, 2.75) is 13.8 Å². The number of allylic oxidation sites excluding steroid dienone is 1. The van der Waals surface area contributed by atoms with Gasteiger partial charge in [-0.15, -0.1) is 0 Å². The lowest BCUT2D eigenvalue weighted by Crippen LogP contribution is -1.99. The van der Waals surface area contributed by atoms with E-state index in [-0.39, 0.29) is 11.5 Å². The molecular weight excluding hydrogens is 320 g/mol. The van der Waals surface area contributed by atoms with Crippen LogP contribution in [-0.4, -0.2) is 27.1 Å². The van der Waals surface area contributed by atoms with Crippen LogP contribution in [0.1, 0.15) is 27.0 Å². The zero-order chi connectivity index (χ0) is 18.1. The highest BCUT2D eigenvalue weighted by molar-refractivity contribution is 6.14. The molecule has 0 bridgehead atoms. The van der Waals surface area contributed by atoms with E-state index in [1.54, 1.807) is 39.5 Å². The highest BCUT2D eigenvalue weighted by Gasteiger charge is 2.28. The predicted molar refractivity (Wildman–Crippen MR) is 94.9 cm³/mol. The maximum absolute atomic E-state index is 12.6. The molecule has 0 aliphatic carbocycles. The molecule has 130 valence electrons. The van der Waals surface area contributed by atoms with Gasteiger partial charge >= 0.3 is 0 Å². The van der Waals surface area contributed by atoms with Gasteiger partial charge in [-0.2, -0.15) is 0 Å². The molecule has 0 saturated heterocycles. The second-order valence-electron chi connectivity index (χ2n) is 5.83. The molecule has 1 aliphatic heterocycles. The van der Waals surface area contributed by atoms with Gasteiger partial charge in [0.2, 0.25) is 11.5 Å². The normalized spacial score (nSPS) is 14.3. The molecule has 5 nitrogen and oxygen atoms in total. The van der Waals surface area contributed by atoms with Gasteiger partial charge in [0.1, 0.15) is 5.75 Å². The highest BCUT2D eigenvalue weighted by Crippen LogP contribution is 2.40. The van der Waals surface area contributed by atoms with Crippen LogP contribution in [0.3, 0.4) is 0 Å². The number of ketones is 1. The van der Waals surface area contributed by atoms with Crippen molar-refractivity contribution in [3.8, 4) is 23.0 Å². The van der Waals surface area contributed by atoms with E-state index in [4.69, 9.17) is 18.9 Å². The number of benzene rings is 2. The minimum absolute atomic E-state index is 0.133. The van der Waals surface area contributed by atoms with Gasteiger partial charge in [0.15, 0.2) is 17.3 Å². The smallest absolute Gasteiger partial charge is 0.231 e. The Balaban J connectivity index is 2.03. The van der Waals surface area contributed by atoms with Crippen molar-refractivity contribution in [3.05, 3.63) is 52.3 Å².